The number of hydrogen-bond acceptors (Lipinski definition) is 4. The summed E-state index contributed by atoms with van der Waals surface area (Å²) in [5.74, 6) is 0.936. The van der Waals surface area contributed by atoms with Gasteiger partial charge in [0.15, 0.2) is 5.13 Å². The van der Waals surface area contributed by atoms with Gasteiger partial charge in [0, 0.05) is 24.0 Å². The van der Waals surface area contributed by atoms with Gasteiger partial charge in [0.05, 0.1) is 5.69 Å². The van der Waals surface area contributed by atoms with Crippen LogP contribution in [0.25, 0.3) is 0 Å². The number of fused-ring (bicyclic) bond motifs is 1. The average Bonchev–Trinajstić information content (AvgIpc) is 3.13. The number of nitrogens with zero attached hydrogens (tertiary/aromatic N) is 2. The largest absolute Gasteiger partial charge is 0.348 e. The van der Waals surface area contributed by atoms with Gasteiger partial charge in [0.2, 0.25) is 0 Å². The zero-order valence-electron chi connectivity index (χ0n) is 12.1. The second kappa shape index (κ2) is 5.80. The Morgan fingerprint density at radius 2 is 2.16 bits per heavy atom. The van der Waals surface area contributed by atoms with Gasteiger partial charge >= 0.3 is 0 Å². The molecule has 106 valence electrons. The number of anilines is 1. The van der Waals surface area contributed by atoms with Crippen LogP contribution in [0.2, 0.25) is 0 Å². The molecule has 3 nitrogen and oxygen atoms in total. The summed E-state index contributed by atoms with van der Waals surface area (Å²) >= 11 is 1.94. The van der Waals surface area contributed by atoms with Gasteiger partial charge in [0.25, 0.3) is 0 Å². The molecule has 0 radical (unpaired) electrons. The first-order valence-electron chi connectivity index (χ1n) is 7.79. The summed E-state index contributed by atoms with van der Waals surface area (Å²) in [4.78, 5) is 8.94. The Balaban J connectivity index is 1.78. The summed E-state index contributed by atoms with van der Waals surface area (Å²) in [6.45, 7) is 7.81. The Kier molecular flexibility index (Phi) is 4.08. The summed E-state index contributed by atoms with van der Waals surface area (Å²) in [7, 11) is 0. The summed E-state index contributed by atoms with van der Waals surface area (Å²) in [5, 5.41) is 4.88. The summed E-state index contributed by atoms with van der Waals surface area (Å²) in [6.07, 6.45) is 6.57. The number of aromatic nitrogens is 1. The molecule has 1 aromatic heterocycles. The van der Waals surface area contributed by atoms with Crippen LogP contribution in [0.5, 0.6) is 0 Å². The van der Waals surface area contributed by atoms with Crippen molar-refractivity contribution in [1.29, 1.82) is 0 Å². The van der Waals surface area contributed by atoms with Crippen LogP contribution in [0, 0.1) is 5.92 Å². The standard InChI is InChI=1S/C15H25N3S/c1-3-16-12-6-5-7-13-14(12)19-15(17-13)18(4-2)10-11-8-9-11/h11-12,16H,3-10H2,1-2H3. The molecule has 0 bridgehead atoms. The number of aryl methyl sites for hydroxylation is 1. The van der Waals surface area contributed by atoms with E-state index >= 15 is 0 Å². The molecule has 2 aliphatic carbocycles. The fourth-order valence-corrected chi connectivity index (χ4v) is 4.23. The predicted octanol–water partition coefficient (Wildman–Crippen LogP) is 3.37. The molecule has 1 aromatic rings. The van der Waals surface area contributed by atoms with E-state index in [9.17, 15) is 0 Å². The highest BCUT2D eigenvalue weighted by Crippen LogP contribution is 2.39. The van der Waals surface area contributed by atoms with Crippen LogP contribution in [0.15, 0.2) is 0 Å². The second-order valence-corrected chi connectivity index (χ2v) is 6.80. The molecule has 1 unspecified atom stereocenters. The Bertz CT molecular complexity index is 425. The van der Waals surface area contributed by atoms with E-state index in [0.717, 1.165) is 19.0 Å². The van der Waals surface area contributed by atoms with E-state index in [2.05, 4.69) is 24.1 Å². The molecular formula is C15H25N3S. The molecule has 0 spiro atoms. The fraction of sp³-hybridized carbons (Fsp3) is 0.800. The zero-order valence-corrected chi connectivity index (χ0v) is 12.9. The predicted molar refractivity (Wildman–Crippen MR) is 82.1 cm³/mol. The normalized spacial score (nSPS) is 22.3. The zero-order chi connectivity index (χ0) is 13.2. The molecule has 1 heterocycles. The van der Waals surface area contributed by atoms with Crippen LogP contribution in [0.4, 0.5) is 5.13 Å². The lowest BCUT2D eigenvalue weighted by molar-refractivity contribution is 0.476. The monoisotopic (exact) mass is 279 g/mol. The van der Waals surface area contributed by atoms with Crippen LogP contribution in [0.1, 0.15) is 56.1 Å². The minimum atomic E-state index is 0.555. The summed E-state index contributed by atoms with van der Waals surface area (Å²) in [6, 6.07) is 0.555. The van der Waals surface area contributed by atoms with Crippen molar-refractivity contribution in [3.05, 3.63) is 10.6 Å². The van der Waals surface area contributed by atoms with Crippen molar-refractivity contribution in [1.82, 2.24) is 10.3 Å². The molecule has 0 aliphatic heterocycles. The molecular weight excluding hydrogens is 254 g/mol. The molecule has 0 saturated heterocycles. The Morgan fingerprint density at radius 1 is 1.32 bits per heavy atom. The molecule has 0 amide bonds. The summed E-state index contributed by atoms with van der Waals surface area (Å²) in [5.41, 5.74) is 1.37. The Morgan fingerprint density at radius 3 is 2.84 bits per heavy atom. The van der Waals surface area contributed by atoms with Gasteiger partial charge in [-0.2, -0.15) is 0 Å². The van der Waals surface area contributed by atoms with E-state index in [1.54, 1.807) is 0 Å². The third-order valence-corrected chi connectivity index (χ3v) is 5.49. The molecule has 0 aromatic carbocycles. The highest BCUT2D eigenvalue weighted by molar-refractivity contribution is 7.15. The average molecular weight is 279 g/mol. The van der Waals surface area contributed by atoms with E-state index in [1.165, 1.54) is 54.4 Å². The molecule has 1 saturated carbocycles. The molecule has 1 atom stereocenters. The van der Waals surface area contributed by atoms with Gasteiger partial charge in [-0.3, -0.25) is 0 Å². The van der Waals surface area contributed by atoms with Crippen LogP contribution in [-0.4, -0.2) is 24.6 Å². The van der Waals surface area contributed by atoms with Crippen molar-refractivity contribution in [2.24, 2.45) is 5.92 Å². The molecule has 4 heteroatoms. The topological polar surface area (TPSA) is 28.2 Å². The highest BCUT2D eigenvalue weighted by atomic mass is 32.1. The SMILES string of the molecule is CCNC1CCCc2nc(N(CC)CC3CC3)sc21. The maximum absolute atomic E-state index is 4.94. The van der Waals surface area contributed by atoms with Crippen LogP contribution in [-0.2, 0) is 6.42 Å². The summed E-state index contributed by atoms with van der Waals surface area (Å²) < 4.78 is 0. The van der Waals surface area contributed by atoms with Crippen molar-refractivity contribution < 1.29 is 0 Å². The third-order valence-electron chi connectivity index (χ3n) is 4.22. The fourth-order valence-electron chi connectivity index (χ4n) is 2.94. The minimum Gasteiger partial charge on any atom is -0.348 e. The number of rotatable bonds is 6. The quantitative estimate of drug-likeness (QED) is 0.865. The third kappa shape index (κ3) is 2.95. The molecule has 1 fully saturated rings. The molecule has 19 heavy (non-hydrogen) atoms. The number of hydrogen-bond donors (Lipinski definition) is 1. The van der Waals surface area contributed by atoms with E-state index in [4.69, 9.17) is 4.98 Å². The van der Waals surface area contributed by atoms with Crippen LogP contribution in [0.3, 0.4) is 0 Å². The lowest BCUT2D eigenvalue weighted by Gasteiger charge is -2.21. The van der Waals surface area contributed by atoms with E-state index in [1.807, 2.05) is 11.3 Å². The second-order valence-electron chi connectivity index (χ2n) is 5.79. The van der Waals surface area contributed by atoms with Crippen molar-refractivity contribution >= 4 is 16.5 Å². The van der Waals surface area contributed by atoms with Crippen molar-refractivity contribution in [2.45, 2.75) is 52.0 Å². The van der Waals surface area contributed by atoms with Gasteiger partial charge in [-0.05, 0) is 51.5 Å². The van der Waals surface area contributed by atoms with E-state index in [-0.39, 0.29) is 0 Å². The maximum Gasteiger partial charge on any atom is 0.185 e. The molecule has 2 aliphatic rings. The highest BCUT2D eigenvalue weighted by Gasteiger charge is 2.28. The Labute approximate surface area is 120 Å². The smallest absolute Gasteiger partial charge is 0.185 e. The van der Waals surface area contributed by atoms with E-state index in [0.29, 0.717) is 6.04 Å². The Hall–Kier alpha value is -0.610. The van der Waals surface area contributed by atoms with Gasteiger partial charge in [-0.1, -0.05) is 18.3 Å². The van der Waals surface area contributed by atoms with Crippen molar-refractivity contribution in [3.8, 4) is 0 Å². The van der Waals surface area contributed by atoms with Crippen LogP contribution < -0.4 is 10.2 Å². The first kappa shape index (κ1) is 13.4. The van der Waals surface area contributed by atoms with Crippen molar-refractivity contribution in [3.63, 3.8) is 0 Å². The lowest BCUT2D eigenvalue weighted by Crippen LogP contribution is -2.24. The number of thiazole rings is 1. The van der Waals surface area contributed by atoms with Gasteiger partial charge in [-0.25, -0.2) is 4.98 Å². The van der Waals surface area contributed by atoms with Crippen LogP contribution >= 0.6 is 11.3 Å². The lowest BCUT2D eigenvalue weighted by atomic mass is 9.98. The van der Waals surface area contributed by atoms with Gasteiger partial charge < -0.3 is 10.2 Å². The molecule has 1 N–H and O–H groups in total. The molecule has 3 rings (SSSR count). The van der Waals surface area contributed by atoms with E-state index < -0.39 is 0 Å². The van der Waals surface area contributed by atoms with Crippen molar-refractivity contribution in [2.75, 3.05) is 24.5 Å². The number of nitrogens with one attached hydrogen (secondary N) is 1. The first-order chi connectivity index (χ1) is 9.31. The first-order valence-corrected chi connectivity index (χ1v) is 8.61. The van der Waals surface area contributed by atoms with Gasteiger partial charge in [0.1, 0.15) is 0 Å². The maximum atomic E-state index is 4.94. The minimum absolute atomic E-state index is 0.555. The van der Waals surface area contributed by atoms with Gasteiger partial charge in [-0.15, -0.1) is 0 Å².